The minimum absolute atomic E-state index is 0.335. The molecule has 1 atom stereocenters. The number of carbonyl (C=O) groups is 1. The van der Waals surface area contributed by atoms with E-state index in [2.05, 4.69) is 9.97 Å². The molecule has 0 radical (unpaired) electrons. The van der Waals surface area contributed by atoms with E-state index in [-0.39, 0.29) is 5.82 Å². The minimum Gasteiger partial charge on any atom is -0.289 e. The van der Waals surface area contributed by atoms with Gasteiger partial charge in [-0.1, -0.05) is 12.1 Å². The number of amides is 1. The van der Waals surface area contributed by atoms with Crippen LogP contribution in [0.15, 0.2) is 24.4 Å². The average molecular weight is 327 g/mol. The third-order valence-corrected chi connectivity index (χ3v) is 5.20. The fourth-order valence-corrected chi connectivity index (χ4v) is 3.68. The van der Waals surface area contributed by atoms with Gasteiger partial charge in [0.25, 0.3) is 5.91 Å². The van der Waals surface area contributed by atoms with E-state index in [1.54, 1.807) is 30.7 Å². The van der Waals surface area contributed by atoms with Gasteiger partial charge in [-0.3, -0.25) is 10.0 Å². The Labute approximate surface area is 138 Å². The van der Waals surface area contributed by atoms with Crippen molar-refractivity contribution in [1.82, 2.24) is 15.4 Å². The van der Waals surface area contributed by atoms with Crippen molar-refractivity contribution < 1.29 is 14.4 Å². The molecule has 1 heterocycles. The summed E-state index contributed by atoms with van der Waals surface area (Å²) in [6.07, 6.45) is 4.66. The van der Waals surface area contributed by atoms with Crippen LogP contribution in [0, 0.1) is 12.7 Å². The number of halogens is 1. The molecule has 2 aromatic rings. The van der Waals surface area contributed by atoms with Gasteiger partial charge in [0.15, 0.2) is 0 Å². The predicted octanol–water partition coefficient (Wildman–Crippen LogP) is 2.34. The van der Waals surface area contributed by atoms with Crippen LogP contribution in [0.5, 0.6) is 0 Å². The first-order chi connectivity index (χ1) is 11.5. The Hall–Kier alpha value is -2.34. The second kappa shape index (κ2) is 5.34. The SMILES string of the molecule is Cc1c(F)cccc1[C@@]1(C(=O)NO)Cc2cnc(C3CC3)nc2C1. The first kappa shape index (κ1) is 15.2. The first-order valence-electron chi connectivity index (χ1n) is 8.10. The maximum Gasteiger partial charge on any atom is 0.254 e. The number of carbonyl (C=O) groups excluding carboxylic acids is 1. The zero-order valence-electron chi connectivity index (χ0n) is 13.3. The van der Waals surface area contributed by atoms with E-state index in [1.165, 1.54) is 6.07 Å². The lowest BCUT2D eigenvalue weighted by Gasteiger charge is -2.28. The summed E-state index contributed by atoms with van der Waals surface area (Å²) in [5, 5.41) is 9.28. The van der Waals surface area contributed by atoms with E-state index in [0.717, 1.165) is 29.9 Å². The third-order valence-electron chi connectivity index (χ3n) is 5.20. The Bertz CT molecular complexity index is 835. The normalized spacial score (nSPS) is 22.3. The molecule has 124 valence electrons. The number of fused-ring (bicyclic) bond motifs is 1. The standard InChI is InChI=1S/C18H18FN3O2/c1-10-13(3-2-4-14(10)19)18(17(23)22-24)7-12-9-20-16(11-5-6-11)21-15(12)8-18/h2-4,9,11,24H,5-8H2,1H3,(H,22,23)/t18-/m1/s1. The summed E-state index contributed by atoms with van der Waals surface area (Å²) in [6, 6.07) is 4.71. The van der Waals surface area contributed by atoms with Gasteiger partial charge < -0.3 is 0 Å². The summed E-state index contributed by atoms with van der Waals surface area (Å²) >= 11 is 0. The van der Waals surface area contributed by atoms with E-state index in [1.807, 2.05) is 0 Å². The van der Waals surface area contributed by atoms with Crippen molar-refractivity contribution in [3.8, 4) is 0 Å². The molecule has 6 heteroatoms. The zero-order chi connectivity index (χ0) is 16.9. The van der Waals surface area contributed by atoms with Crippen LogP contribution in [0.1, 0.15) is 47.0 Å². The topological polar surface area (TPSA) is 75.1 Å². The van der Waals surface area contributed by atoms with Crippen LogP contribution >= 0.6 is 0 Å². The van der Waals surface area contributed by atoms with E-state index in [4.69, 9.17) is 0 Å². The van der Waals surface area contributed by atoms with Crippen LogP contribution in [-0.4, -0.2) is 21.1 Å². The molecule has 1 fully saturated rings. The highest BCUT2D eigenvalue weighted by molar-refractivity contribution is 5.89. The average Bonchev–Trinajstić information content (AvgIpc) is 3.36. The Morgan fingerprint density at radius 3 is 2.88 bits per heavy atom. The molecule has 1 amide bonds. The molecule has 2 aliphatic carbocycles. The van der Waals surface area contributed by atoms with E-state index < -0.39 is 11.3 Å². The highest BCUT2D eigenvalue weighted by Crippen LogP contribution is 2.43. The van der Waals surface area contributed by atoms with Crippen molar-refractivity contribution >= 4 is 5.91 Å². The van der Waals surface area contributed by atoms with Crippen molar-refractivity contribution in [1.29, 1.82) is 0 Å². The number of benzene rings is 1. The Morgan fingerprint density at radius 1 is 1.38 bits per heavy atom. The van der Waals surface area contributed by atoms with Crippen molar-refractivity contribution in [3.63, 3.8) is 0 Å². The summed E-state index contributed by atoms with van der Waals surface area (Å²) in [4.78, 5) is 21.6. The fourth-order valence-electron chi connectivity index (χ4n) is 3.68. The highest BCUT2D eigenvalue weighted by Gasteiger charge is 2.47. The van der Waals surface area contributed by atoms with Crippen LogP contribution < -0.4 is 5.48 Å². The number of rotatable bonds is 3. The molecule has 2 N–H and O–H groups in total. The molecule has 1 saturated carbocycles. The molecule has 24 heavy (non-hydrogen) atoms. The van der Waals surface area contributed by atoms with E-state index in [0.29, 0.717) is 29.9 Å². The number of hydroxylamine groups is 1. The van der Waals surface area contributed by atoms with Gasteiger partial charge in [0.1, 0.15) is 11.6 Å². The van der Waals surface area contributed by atoms with Crippen LogP contribution in [0.25, 0.3) is 0 Å². The van der Waals surface area contributed by atoms with Crippen LogP contribution in [-0.2, 0) is 23.1 Å². The Kier molecular flexibility index (Phi) is 3.38. The Morgan fingerprint density at radius 2 is 2.17 bits per heavy atom. The van der Waals surface area contributed by atoms with Gasteiger partial charge in [-0.05, 0) is 48.9 Å². The molecule has 0 spiro atoms. The van der Waals surface area contributed by atoms with Gasteiger partial charge in [-0.25, -0.2) is 19.8 Å². The molecule has 0 bridgehead atoms. The summed E-state index contributed by atoms with van der Waals surface area (Å²) in [6.45, 7) is 1.65. The fraction of sp³-hybridized carbons (Fsp3) is 0.389. The van der Waals surface area contributed by atoms with Crippen molar-refractivity contribution in [3.05, 3.63) is 58.4 Å². The van der Waals surface area contributed by atoms with Crippen molar-refractivity contribution in [2.75, 3.05) is 0 Å². The van der Waals surface area contributed by atoms with Gasteiger partial charge in [-0.2, -0.15) is 0 Å². The van der Waals surface area contributed by atoms with Gasteiger partial charge in [0.05, 0.1) is 5.41 Å². The minimum atomic E-state index is -1.06. The second-order valence-corrected chi connectivity index (χ2v) is 6.76. The summed E-state index contributed by atoms with van der Waals surface area (Å²) in [5.41, 5.74) is 3.42. The molecular weight excluding hydrogens is 309 g/mol. The third kappa shape index (κ3) is 2.21. The number of nitrogens with one attached hydrogen (secondary N) is 1. The maximum absolute atomic E-state index is 14.1. The molecule has 0 saturated heterocycles. The summed E-state index contributed by atoms with van der Waals surface area (Å²) < 4.78 is 14.1. The van der Waals surface area contributed by atoms with Gasteiger partial charge >= 0.3 is 0 Å². The molecule has 0 aliphatic heterocycles. The monoisotopic (exact) mass is 327 g/mol. The molecule has 1 aromatic carbocycles. The number of hydrogen-bond donors (Lipinski definition) is 2. The molecule has 4 rings (SSSR count). The van der Waals surface area contributed by atoms with Gasteiger partial charge in [-0.15, -0.1) is 0 Å². The molecule has 0 unspecified atom stereocenters. The van der Waals surface area contributed by atoms with E-state index in [9.17, 15) is 14.4 Å². The summed E-state index contributed by atoms with van der Waals surface area (Å²) in [5.74, 6) is 0.346. The lowest BCUT2D eigenvalue weighted by Crippen LogP contribution is -2.44. The van der Waals surface area contributed by atoms with Gasteiger partial charge in [0, 0.05) is 24.2 Å². The number of nitrogens with zero attached hydrogens (tertiary/aromatic N) is 2. The smallest absolute Gasteiger partial charge is 0.254 e. The quantitative estimate of drug-likeness (QED) is 0.670. The number of aromatic nitrogens is 2. The maximum atomic E-state index is 14.1. The number of hydrogen-bond acceptors (Lipinski definition) is 4. The predicted molar refractivity (Wildman–Crippen MR) is 84.2 cm³/mol. The first-order valence-corrected chi connectivity index (χ1v) is 8.10. The highest BCUT2D eigenvalue weighted by atomic mass is 19.1. The lowest BCUT2D eigenvalue weighted by atomic mass is 9.75. The zero-order valence-corrected chi connectivity index (χ0v) is 13.3. The largest absolute Gasteiger partial charge is 0.289 e. The molecule has 1 aromatic heterocycles. The summed E-state index contributed by atoms with van der Waals surface area (Å²) in [7, 11) is 0. The van der Waals surface area contributed by atoms with Crippen molar-refractivity contribution in [2.24, 2.45) is 0 Å². The van der Waals surface area contributed by atoms with E-state index >= 15 is 0 Å². The molecule has 2 aliphatic rings. The van der Waals surface area contributed by atoms with Crippen molar-refractivity contribution in [2.45, 2.75) is 43.9 Å². The molecule has 5 nitrogen and oxygen atoms in total. The van der Waals surface area contributed by atoms with Crippen LogP contribution in [0.3, 0.4) is 0 Å². The second-order valence-electron chi connectivity index (χ2n) is 6.76. The Balaban J connectivity index is 1.82. The van der Waals surface area contributed by atoms with Crippen LogP contribution in [0.4, 0.5) is 4.39 Å². The lowest BCUT2D eigenvalue weighted by molar-refractivity contribution is -0.135. The van der Waals surface area contributed by atoms with Crippen LogP contribution in [0.2, 0.25) is 0 Å². The molecular formula is C18H18FN3O2. The van der Waals surface area contributed by atoms with Gasteiger partial charge in [0.2, 0.25) is 0 Å².